The zero-order valence-corrected chi connectivity index (χ0v) is 12.4. The van der Waals surface area contributed by atoms with E-state index in [-0.39, 0.29) is 17.1 Å². The molecule has 3 atom stereocenters. The van der Waals surface area contributed by atoms with E-state index >= 15 is 0 Å². The van der Waals surface area contributed by atoms with Crippen LogP contribution >= 0.6 is 0 Å². The molecule has 0 radical (unpaired) electrons. The number of carbonyl (C=O) groups excluding carboxylic acids is 1. The van der Waals surface area contributed by atoms with Gasteiger partial charge in [0, 0.05) is 24.9 Å². The Morgan fingerprint density at radius 2 is 2.19 bits per heavy atom. The Kier molecular flexibility index (Phi) is 4.95. The number of aliphatic hydroxyl groups is 1. The molecule has 1 saturated heterocycles. The molecule has 1 aromatic carbocycles. The van der Waals surface area contributed by atoms with Gasteiger partial charge in [-0.15, -0.1) is 5.06 Å². The summed E-state index contributed by atoms with van der Waals surface area (Å²) in [5, 5.41) is 23.0. The van der Waals surface area contributed by atoms with Crippen molar-refractivity contribution in [3.63, 3.8) is 0 Å². The number of carboxylic acids is 1. The number of hydroxylamine groups is 2. The van der Waals surface area contributed by atoms with Gasteiger partial charge in [-0.2, -0.15) is 0 Å². The molecule has 1 aromatic rings. The number of carboxylic acid groups (broad SMARTS) is 1. The second kappa shape index (κ2) is 6.53. The van der Waals surface area contributed by atoms with Gasteiger partial charge < -0.3 is 15.0 Å². The van der Waals surface area contributed by atoms with Crippen molar-refractivity contribution in [2.24, 2.45) is 0 Å². The fourth-order valence-electron chi connectivity index (χ4n) is 3.18. The summed E-state index contributed by atoms with van der Waals surface area (Å²) in [5.41, 5.74) is 0.996. The molecule has 2 rings (SSSR count). The molecular formula is C15H22N2O4. The average molecular weight is 294 g/mol. The van der Waals surface area contributed by atoms with Gasteiger partial charge in [-0.05, 0) is 0 Å². The molecule has 1 fully saturated rings. The maximum Gasteiger partial charge on any atom is 0.196 e. The van der Waals surface area contributed by atoms with Gasteiger partial charge in [-0.3, -0.25) is 9.32 Å². The van der Waals surface area contributed by atoms with Crippen molar-refractivity contribution >= 4 is 5.97 Å². The van der Waals surface area contributed by atoms with Crippen LogP contribution in [-0.4, -0.2) is 53.6 Å². The van der Waals surface area contributed by atoms with Crippen LogP contribution in [0.5, 0.6) is 0 Å². The summed E-state index contributed by atoms with van der Waals surface area (Å²) in [6, 6.07) is 9.72. The van der Waals surface area contributed by atoms with Gasteiger partial charge in [-0.1, -0.05) is 30.3 Å². The van der Waals surface area contributed by atoms with Crippen molar-refractivity contribution in [3.8, 4) is 0 Å². The molecule has 0 aliphatic carbocycles. The first-order chi connectivity index (χ1) is 10.0. The van der Waals surface area contributed by atoms with Crippen LogP contribution in [0.15, 0.2) is 30.3 Å². The van der Waals surface area contributed by atoms with Crippen LogP contribution in [0.25, 0.3) is 0 Å². The zero-order chi connectivity index (χ0) is 15.5. The minimum absolute atomic E-state index is 0.0915. The summed E-state index contributed by atoms with van der Waals surface area (Å²) in [6.45, 7) is 3.26. The number of nitrogens with zero attached hydrogens (tertiary/aromatic N) is 2. The Morgan fingerprint density at radius 1 is 1.52 bits per heavy atom. The first-order valence-corrected chi connectivity index (χ1v) is 7.11. The molecule has 0 saturated carbocycles. The lowest BCUT2D eigenvalue weighted by molar-refractivity contribution is -0.992. The molecule has 1 aliphatic heterocycles. The van der Waals surface area contributed by atoms with Crippen molar-refractivity contribution in [1.82, 2.24) is 5.06 Å². The second-order valence-electron chi connectivity index (χ2n) is 5.41. The molecule has 0 spiro atoms. The maximum atomic E-state index is 10.9. The summed E-state index contributed by atoms with van der Waals surface area (Å²) in [6.07, 6.45) is -1.02. The van der Waals surface area contributed by atoms with E-state index in [1.165, 1.54) is 0 Å². The molecule has 0 amide bonds. The third-order valence-corrected chi connectivity index (χ3v) is 4.31. The van der Waals surface area contributed by atoms with Crippen molar-refractivity contribution in [3.05, 3.63) is 35.9 Å². The van der Waals surface area contributed by atoms with E-state index in [0.29, 0.717) is 19.6 Å². The molecule has 0 bridgehead atoms. The van der Waals surface area contributed by atoms with Crippen LogP contribution in [0.3, 0.4) is 0 Å². The highest BCUT2D eigenvalue weighted by Gasteiger charge is 2.50. The second-order valence-corrected chi connectivity index (χ2v) is 5.41. The Hall–Kier alpha value is -1.47. The number of quaternary nitrogens is 1. The van der Waals surface area contributed by atoms with Crippen LogP contribution < -0.4 is 5.11 Å². The monoisotopic (exact) mass is 294 g/mol. The number of hydrogen-bond donors (Lipinski definition) is 1. The first-order valence-electron chi connectivity index (χ1n) is 7.11. The molecule has 3 unspecified atom stereocenters. The Balaban J connectivity index is 2.39. The van der Waals surface area contributed by atoms with Crippen molar-refractivity contribution in [2.45, 2.75) is 25.7 Å². The lowest BCUT2D eigenvalue weighted by Gasteiger charge is -2.43. The highest BCUT2D eigenvalue weighted by molar-refractivity contribution is 5.64. The van der Waals surface area contributed by atoms with Crippen molar-refractivity contribution in [2.75, 3.05) is 26.7 Å². The number of aliphatic carboxylic acids is 1. The summed E-state index contributed by atoms with van der Waals surface area (Å²) in [5.74, 6) is -1.10. The van der Waals surface area contributed by atoms with E-state index in [2.05, 4.69) is 0 Å². The molecule has 0 aromatic heterocycles. The minimum atomic E-state index is -1.10. The van der Waals surface area contributed by atoms with Gasteiger partial charge in [0.2, 0.25) is 0 Å². The Morgan fingerprint density at radius 3 is 2.71 bits per heavy atom. The smallest absolute Gasteiger partial charge is 0.196 e. The first kappa shape index (κ1) is 15.9. The van der Waals surface area contributed by atoms with E-state index in [1.807, 2.05) is 30.3 Å². The summed E-state index contributed by atoms with van der Waals surface area (Å²) in [4.78, 5) is 16.3. The minimum Gasteiger partial charge on any atom is -0.550 e. The van der Waals surface area contributed by atoms with Crippen LogP contribution in [0.1, 0.15) is 25.1 Å². The molecule has 1 aliphatic rings. The fraction of sp³-hybridized carbons (Fsp3) is 0.533. The zero-order valence-electron chi connectivity index (χ0n) is 12.4. The van der Waals surface area contributed by atoms with Gasteiger partial charge in [-0.25, -0.2) is 0 Å². The Labute approximate surface area is 124 Å². The topological polar surface area (TPSA) is 72.8 Å². The SMILES string of the molecule is CON1CC[N+](CCC(=O)[O-])(C(C)O)C1c1ccccc1. The van der Waals surface area contributed by atoms with Gasteiger partial charge in [0.1, 0.15) is 0 Å². The predicted molar refractivity (Wildman–Crippen MR) is 74.2 cm³/mol. The van der Waals surface area contributed by atoms with Crippen LogP contribution in [-0.2, 0) is 9.63 Å². The van der Waals surface area contributed by atoms with Crippen LogP contribution in [0, 0.1) is 0 Å². The molecule has 6 heteroatoms. The third-order valence-electron chi connectivity index (χ3n) is 4.31. The predicted octanol–water partition coefficient (Wildman–Crippen LogP) is -0.143. The molecule has 1 heterocycles. The largest absolute Gasteiger partial charge is 0.550 e. The van der Waals surface area contributed by atoms with E-state index in [4.69, 9.17) is 4.84 Å². The van der Waals surface area contributed by atoms with Gasteiger partial charge in [0.15, 0.2) is 12.4 Å². The van der Waals surface area contributed by atoms with Gasteiger partial charge in [0.05, 0.1) is 26.7 Å². The fourth-order valence-corrected chi connectivity index (χ4v) is 3.18. The highest BCUT2D eigenvalue weighted by atomic mass is 16.7. The quantitative estimate of drug-likeness (QED) is 0.739. The normalized spacial score (nSPS) is 27.7. The van der Waals surface area contributed by atoms with E-state index in [0.717, 1.165) is 5.56 Å². The van der Waals surface area contributed by atoms with Crippen LogP contribution in [0.2, 0.25) is 0 Å². The summed E-state index contributed by atoms with van der Waals surface area (Å²) < 4.78 is 0.242. The number of aliphatic hydroxyl groups excluding tert-OH is 1. The number of benzene rings is 1. The van der Waals surface area contributed by atoms with E-state index in [1.54, 1.807) is 19.1 Å². The van der Waals surface area contributed by atoms with Gasteiger partial charge in [0.25, 0.3) is 0 Å². The lowest BCUT2D eigenvalue weighted by atomic mass is 10.1. The molecular weight excluding hydrogens is 272 g/mol. The van der Waals surface area contributed by atoms with Crippen molar-refractivity contribution in [1.29, 1.82) is 0 Å². The molecule has 1 N–H and O–H groups in total. The summed E-state index contributed by atoms with van der Waals surface area (Å²) in [7, 11) is 1.59. The number of rotatable bonds is 6. The maximum absolute atomic E-state index is 10.9. The molecule has 21 heavy (non-hydrogen) atoms. The van der Waals surface area contributed by atoms with E-state index < -0.39 is 12.2 Å². The molecule has 6 nitrogen and oxygen atoms in total. The molecule has 116 valence electrons. The third kappa shape index (κ3) is 3.08. The van der Waals surface area contributed by atoms with Crippen LogP contribution in [0.4, 0.5) is 0 Å². The van der Waals surface area contributed by atoms with Gasteiger partial charge >= 0.3 is 0 Å². The standard InChI is InChI=1S/C15H22N2O4/c1-12(18)17(10-8-14(19)20)11-9-16(21-2)15(17)13-6-4-3-5-7-13/h3-7,12,15,18H,8-11H2,1-2H3. The number of carbonyl (C=O) groups is 1. The lowest BCUT2D eigenvalue weighted by Crippen LogP contribution is -2.56. The number of hydrogen-bond acceptors (Lipinski definition) is 5. The average Bonchev–Trinajstić information content (AvgIpc) is 2.86. The van der Waals surface area contributed by atoms with Crippen molar-refractivity contribution < 1.29 is 24.3 Å². The Bertz CT molecular complexity index is 480. The van der Waals surface area contributed by atoms with E-state index in [9.17, 15) is 15.0 Å². The summed E-state index contributed by atoms with van der Waals surface area (Å²) >= 11 is 0. The highest BCUT2D eigenvalue weighted by Crippen LogP contribution is 2.39.